The predicted octanol–water partition coefficient (Wildman–Crippen LogP) is 1.92. The molecule has 0 saturated heterocycles. The van der Waals surface area contributed by atoms with Crippen LogP contribution in [0.5, 0.6) is 0 Å². The number of nitrogens with one attached hydrogen (secondary N) is 2. The van der Waals surface area contributed by atoms with E-state index in [0.29, 0.717) is 0 Å². The fourth-order valence-corrected chi connectivity index (χ4v) is 2.43. The molecule has 0 aliphatic carbocycles. The minimum atomic E-state index is 0.275. The zero-order valence-corrected chi connectivity index (χ0v) is 12.8. The second kappa shape index (κ2) is 8.98. The minimum absolute atomic E-state index is 0.275. The van der Waals surface area contributed by atoms with Crippen molar-refractivity contribution >= 4 is 23.4 Å². The molecule has 0 aliphatic heterocycles. The molecule has 1 aromatic heterocycles. The highest BCUT2D eigenvalue weighted by Gasteiger charge is 2.08. The summed E-state index contributed by atoms with van der Waals surface area (Å²) in [7, 11) is 1.88. The maximum Gasteiger partial charge on any atom is 0.134 e. The molecule has 6 heteroatoms. The molecule has 1 heterocycles. The Morgan fingerprint density at radius 1 is 1.21 bits per heavy atom. The van der Waals surface area contributed by atoms with Gasteiger partial charge in [-0.2, -0.15) is 11.8 Å². The third-order valence-corrected chi connectivity index (χ3v) is 3.80. The summed E-state index contributed by atoms with van der Waals surface area (Å²) in [6, 6.07) is 0. The van der Waals surface area contributed by atoms with Crippen LogP contribution in [0, 0.1) is 6.92 Å². The maximum absolute atomic E-state index is 8.70. The summed E-state index contributed by atoms with van der Waals surface area (Å²) in [5.74, 6) is 4.68. The molecule has 0 bridgehead atoms. The topological polar surface area (TPSA) is 70.1 Å². The van der Waals surface area contributed by atoms with Gasteiger partial charge in [-0.25, -0.2) is 9.97 Å². The Labute approximate surface area is 119 Å². The third-order valence-electron chi connectivity index (χ3n) is 2.73. The molecule has 0 unspecified atom stereocenters. The number of aromatic nitrogens is 2. The van der Waals surface area contributed by atoms with E-state index in [1.165, 1.54) is 0 Å². The Bertz CT molecular complexity index is 387. The molecule has 5 nitrogen and oxygen atoms in total. The largest absolute Gasteiger partial charge is 0.396 e. The maximum atomic E-state index is 8.70. The summed E-state index contributed by atoms with van der Waals surface area (Å²) in [5, 5.41) is 15.2. The first kappa shape index (κ1) is 16.0. The Hall–Kier alpha value is -1.01. The number of aryl methyl sites for hydroxylation is 1. The molecular formula is C13H24N4OS. The molecule has 1 rings (SSSR count). The number of hydrogen-bond acceptors (Lipinski definition) is 6. The summed E-state index contributed by atoms with van der Waals surface area (Å²) in [6.45, 7) is 5.22. The van der Waals surface area contributed by atoms with Gasteiger partial charge < -0.3 is 15.7 Å². The zero-order chi connectivity index (χ0) is 14.1. The van der Waals surface area contributed by atoms with Gasteiger partial charge in [-0.15, -0.1) is 0 Å². The normalized spacial score (nSPS) is 10.5. The molecule has 108 valence electrons. The van der Waals surface area contributed by atoms with Gasteiger partial charge in [0.15, 0.2) is 0 Å². The van der Waals surface area contributed by atoms with Crippen LogP contribution in [-0.4, -0.2) is 46.8 Å². The van der Waals surface area contributed by atoms with E-state index in [9.17, 15) is 0 Å². The van der Waals surface area contributed by atoms with Crippen molar-refractivity contribution in [2.45, 2.75) is 26.7 Å². The average Bonchev–Trinajstić information content (AvgIpc) is 2.44. The first-order valence-electron chi connectivity index (χ1n) is 6.70. The summed E-state index contributed by atoms with van der Waals surface area (Å²) >= 11 is 1.84. The van der Waals surface area contributed by atoms with Gasteiger partial charge in [-0.1, -0.05) is 6.92 Å². The smallest absolute Gasteiger partial charge is 0.134 e. The second-order valence-electron chi connectivity index (χ2n) is 4.18. The van der Waals surface area contributed by atoms with Gasteiger partial charge in [0.25, 0.3) is 0 Å². The number of rotatable bonds is 9. The molecule has 0 spiro atoms. The average molecular weight is 284 g/mol. The number of nitrogens with zero attached hydrogens (tertiary/aromatic N) is 2. The fraction of sp³-hybridized carbons (Fsp3) is 0.692. The van der Waals surface area contributed by atoms with Crippen LogP contribution in [0.4, 0.5) is 11.6 Å². The van der Waals surface area contributed by atoms with Gasteiger partial charge in [0.2, 0.25) is 0 Å². The van der Waals surface area contributed by atoms with Crippen molar-refractivity contribution < 1.29 is 5.11 Å². The van der Waals surface area contributed by atoms with E-state index in [4.69, 9.17) is 5.11 Å². The number of aliphatic hydroxyl groups excluding tert-OH is 1. The first-order valence-corrected chi connectivity index (χ1v) is 7.86. The van der Waals surface area contributed by atoms with Crippen molar-refractivity contribution in [3.8, 4) is 0 Å². The number of aliphatic hydroxyl groups is 1. The molecule has 0 radical (unpaired) electrons. The van der Waals surface area contributed by atoms with Crippen LogP contribution >= 0.6 is 11.8 Å². The molecule has 0 aromatic carbocycles. The van der Waals surface area contributed by atoms with Gasteiger partial charge in [0.1, 0.15) is 17.5 Å². The second-order valence-corrected chi connectivity index (χ2v) is 5.41. The first-order chi connectivity index (χ1) is 9.22. The van der Waals surface area contributed by atoms with E-state index in [-0.39, 0.29) is 6.61 Å². The van der Waals surface area contributed by atoms with E-state index in [0.717, 1.165) is 53.9 Å². The van der Waals surface area contributed by atoms with Crippen LogP contribution in [0.2, 0.25) is 0 Å². The highest BCUT2D eigenvalue weighted by atomic mass is 32.2. The van der Waals surface area contributed by atoms with Crippen LogP contribution in [-0.2, 0) is 6.42 Å². The van der Waals surface area contributed by atoms with Crippen LogP contribution in [0.15, 0.2) is 0 Å². The Morgan fingerprint density at radius 2 is 1.95 bits per heavy atom. The number of hydrogen-bond donors (Lipinski definition) is 3. The number of anilines is 2. The minimum Gasteiger partial charge on any atom is -0.396 e. The van der Waals surface area contributed by atoms with Crippen molar-refractivity contribution in [2.75, 3.05) is 42.3 Å². The van der Waals surface area contributed by atoms with Crippen molar-refractivity contribution in [3.05, 3.63) is 11.4 Å². The van der Waals surface area contributed by atoms with Crippen molar-refractivity contribution in [2.24, 2.45) is 0 Å². The van der Waals surface area contributed by atoms with E-state index in [2.05, 4.69) is 27.5 Å². The van der Waals surface area contributed by atoms with E-state index >= 15 is 0 Å². The zero-order valence-electron chi connectivity index (χ0n) is 12.0. The van der Waals surface area contributed by atoms with Crippen LogP contribution in [0.1, 0.15) is 24.7 Å². The summed E-state index contributed by atoms with van der Waals surface area (Å²) < 4.78 is 0. The third kappa shape index (κ3) is 5.24. The Kier molecular flexibility index (Phi) is 7.59. The van der Waals surface area contributed by atoms with E-state index in [1.54, 1.807) is 0 Å². The molecule has 1 aromatic rings. The lowest BCUT2D eigenvalue weighted by Gasteiger charge is -2.13. The molecule has 19 heavy (non-hydrogen) atoms. The summed E-state index contributed by atoms with van der Waals surface area (Å²) in [6.07, 6.45) is 1.69. The molecule has 0 amide bonds. The monoisotopic (exact) mass is 284 g/mol. The standard InChI is InChI=1S/C13H24N4OS/c1-4-11-16-12(14-3)10(2)13(17-11)15-6-9-19-8-5-7-18/h18H,4-9H2,1-3H3,(H2,14,15,16,17). The Morgan fingerprint density at radius 3 is 2.58 bits per heavy atom. The van der Waals surface area contributed by atoms with Crippen molar-refractivity contribution in [1.82, 2.24) is 9.97 Å². The molecule has 0 atom stereocenters. The lowest BCUT2D eigenvalue weighted by atomic mass is 10.3. The van der Waals surface area contributed by atoms with Crippen molar-refractivity contribution in [1.29, 1.82) is 0 Å². The van der Waals surface area contributed by atoms with Gasteiger partial charge in [0.05, 0.1) is 0 Å². The summed E-state index contributed by atoms with van der Waals surface area (Å²) in [4.78, 5) is 8.97. The Balaban J connectivity index is 2.52. The quantitative estimate of drug-likeness (QED) is 0.602. The molecule has 3 N–H and O–H groups in total. The molecule has 0 fully saturated rings. The molecule has 0 saturated carbocycles. The van der Waals surface area contributed by atoms with Gasteiger partial charge in [-0.3, -0.25) is 0 Å². The highest BCUT2D eigenvalue weighted by molar-refractivity contribution is 7.99. The van der Waals surface area contributed by atoms with Crippen molar-refractivity contribution in [3.63, 3.8) is 0 Å². The SMILES string of the molecule is CCc1nc(NC)c(C)c(NCCSCCCO)n1. The van der Waals surface area contributed by atoms with E-state index in [1.807, 2.05) is 25.7 Å². The van der Waals surface area contributed by atoms with Gasteiger partial charge >= 0.3 is 0 Å². The lowest BCUT2D eigenvalue weighted by Crippen LogP contribution is -2.11. The highest BCUT2D eigenvalue weighted by Crippen LogP contribution is 2.19. The van der Waals surface area contributed by atoms with E-state index < -0.39 is 0 Å². The number of thioether (sulfide) groups is 1. The molecular weight excluding hydrogens is 260 g/mol. The van der Waals surface area contributed by atoms with Crippen LogP contribution < -0.4 is 10.6 Å². The van der Waals surface area contributed by atoms with Crippen LogP contribution in [0.25, 0.3) is 0 Å². The van der Waals surface area contributed by atoms with Crippen LogP contribution in [0.3, 0.4) is 0 Å². The lowest BCUT2D eigenvalue weighted by molar-refractivity contribution is 0.296. The predicted molar refractivity (Wildman–Crippen MR) is 83.2 cm³/mol. The fourth-order valence-electron chi connectivity index (χ4n) is 1.65. The summed E-state index contributed by atoms with van der Waals surface area (Å²) in [5.41, 5.74) is 1.06. The van der Waals surface area contributed by atoms with Gasteiger partial charge in [-0.05, 0) is 19.1 Å². The van der Waals surface area contributed by atoms with Gasteiger partial charge in [0, 0.05) is 37.9 Å². The molecule has 0 aliphatic rings.